The molecule has 0 saturated carbocycles. The number of nitrogens with two attached hydrogens (primary N) is 1. The second-order valence-corrected chi connectivity index (χ2v) is 8.61. The third kappa shape index (κ3) is 3.96. The van der Waals surface area contributed by atoms with Crippen molar-refractivity contribution in [2.75, 3.05) is 5.73 Å². The van der Waals surface area contributed by atoms with Crippen LogP contribution in [0, 0.1) is 22.7 Å². The van der Waals surface area contributed by atoms with Crippen LogP contribution in [0.2, 0.25) is 0 Å². The molecule has 140 valence electrons. The van der Waals surface area contributed by atoms with E-state index in [1.54, 1.807) is 6.08 Å². The minimum atomic E-state index is -0.281. The molecule has 0 radical (unpaired) electrons. The van der Waals surface area contributed by atoms with Crippen LogP contribution < -0.4 is 5.73 Å². The van der Waals surface area contributed by atoms with Gasteiger partial charge in [0.15, 0.2) is 5.82 Å². The number of hydrogen-bond acceptors (Lipinski definition) is 5. The van der Waals surface area contributed by atoms with Crippen molar-refractivity contribution in [3.8, 4) is 17.9 Å². The van der Waals surface area contributed by atoms with E-state index < -0.39 is 0 Å². The first-order valence-electron chi connectivity index (χ1n) is 8.64. The fraction of sp³-hybridized carbons (Fsp3) is 0.381. The van der Waals surface area contributed by atoms with Crippen molar-refractivity contribution in [2.24, 2.45) is 0 Å². The zero-order valence-corrected chi connectivity index (χ0v) is 16.6. The van der Waals surface area contributed by atoms with Gasteiger partial charge in [-0.15, -0.1) is 0 Å². The molecular formula is C21H25N5O. The van der Waals surface area contributed by atoms with Crippen LogP contribution in [0.3, 0.4) is 0 Å². The zero-order valence-electron chi connectivity index (χ0n) is 16.6. The molecule has 0 fully saturated rings. The molecule has 2 rings (SSSR count). The molecular weight excluding hydrogens is 338 g/mol. The summed E-state index contributed by atoms with van der Waals surface area (Å²) in [5.41, 5.74) is 8.16. The second-order valence-electron chi connectivity index (χ2n) is 8.61. The molecule has 0 amide bonds. The number of aromatic amines is 1. The van der Waals surface area contributed by atoms with E-state index in [4.69, 9.17) is 5.73 Å². The van der Waals surface area contributed by atoms with E-state index in [1.165, 1.54) is 0 Å². The predicted octanol–water partition coefficient (Wildman–Crippen LogP) is 4.23. The molecule has 0 aliphatic heterocycles. The maximum Gasteiger partial charge on any atom is 0.163 e. The van der Waals surface area contributed by atoms with Gasteiger partial charge >= 0.3 is 0 Å². The lowest BCUT2D eigenvalue weighted by molar-refractivity contribution is 0.423. The Hall–Kier alpha value is -3.25. The van der Waals surface area contributed by atoms with E-state index in [0.717, 1.165) is 16.7 Å². The number of aromatic nitrogens is 2. The number of nitrogens with one attached hydrogen (secondary N) is 1. The van der Waals surface area contributed by atoms with Crippen molar-refractivity contribution in [3.63, 3.8) is 0 Å². The number of nitrogen functional groups attached to an aromatic ring is 1. The summed E-state index contributed by atoms with van der Waals surface area (Å²) in [5, 5.41) is 36.2. The molecule has 1 heterocycles. The van der Waals surface area contributed by atoms with Gasteiger partial charge < -0.3 is 10.8 Å². The first-order valence-corrected chi connectivity index (χ1v) is 8.64. The largest absolute Gasteiger partial charge is 0.507 e. The van der Waals surface area contributed by atoms with Gasteiger partial charge in [0.1, 0.15) is 23.5 Å². The summed E-state index contributed by atoms with van der Waals surface area (Å²) in [4.78, 5) is 0. The smallest absolute Gasteiger partial charge is 0.163 e. The Bertz CT molecular complexity index is 951. The Morgan fingerprint density at radius 3 is 2.04 bits per heavy atom. The molecule has 1 aromatic heterocycles. The molecule has 0 atom stereocenters. The first-order chi connectivity index (χ1) is 12.4. The SMILES string of the molecule is CC(C)(C)c1cc(/C=C(/C#N)c2[nH]nc(N)c2C#N)cc(C(C)(C)C)c1O. The van der Waals surface area contributed by atoms with Gasteiger partial charge in [-0.05, 0) is 34.6 Å². The van der Waals surface area contributed by atoms with Gasteiger partial charge in [0.05, 0.1) is 11.3 Å². The van der Waals surface area contributed by atoms with Gasteiger partial charge in [-0.3, -0.25) is 5.10 Å². The summed E-state index contributed by atoms with van der Waals surface area (Å²) < 4.78 is 0. The highest BCUT2D eigenvalue weighted by Gasteiger charge is 2.26. The summed E-state index contributed by atoms with van der Waals surface area (Å²) >= 11 is 0. The standard InChI is InChI=1S/C21H25N5O/c1-20(2,3)15-8-12(9-16(18(15)27)21(4,5)6)7-13(10-22)17-14(11-23)19(24)26-25-17/h7-9,27H,1-6H3,(H3,24,25,26)/b13-7-. The number of hydrogen-bond donors (Lipinski definition) is 3. The van der Waals surface area contributed by atoms with E-state index >= 15 is 0 Å². The maximum absolute atomic E-state index is 10.8. The number of phenols is 1. The van der Waals surface area contributed by atoms with Gasteiger partial charge in [0.2, 0.25) is 0 Å². The minimum absolute atomic E-state index is 0.0603. The highest BCUT2D eigenvalue weighted by Crippen LogP contribution is 2.40. The van der Waals surface area contributed by atoms with Gasteiger partial charge in [-0.1, -0.05) is 41.5 Å². The number of nitriles is 2. The quantitative estimate of drug-likeness (QED) is 0.689. The number of phenolic OH excluding ortho intramolecular Hbond substituents is 1. The Morgan fingerprint density at radius 1 is 1.11 bits per heavy atom. The number of nitrogens with zero attached hydrogens (tertiary/aromatic N) is 3. The van der Waals surface area contributed by atoms with Crippen LogP contribution in [0.25, 0.3) is 11.6 Å². The Kier molecular flexibility index (Phi) is 5.06. The first kappa shape index (κ1) is 20.1. The fourth-order valence-corrected chi connectivity index (χ4v) is 2.87. The van der Waals surface area contributed by atoms with Gasteiger partial charge in [0.25, 0.3) is 0 Å². The molecule has 0 saturated heterocycles. The summed E-state index contributed by atoms with van der Waals surface area (Å²) in [5.74, 6) is 0.333. The summed E-state index contributed by atoms with van der Waals surface area (Å²) in [6.07, 6.45) is 1.68. The molecule has 1 aromatic carbocycles. The maximum atomic E-state index is 10.8. The lowest BCUT2D eigenvalue weighted by Crippen LogP contribution is -2.17. The van der Waals surface area contributed by atoms with E-state index in [2.05, 4.69) is 16.3 Å². The van der Waals surface area contributed by atoms with Crippen LogP contribution >= 0.6 is 0 Å². The zero-order chi connectivity index (χ0) is 20.6. The molecule has 6 nitrogen and oxygen atoms in total. The average Bonchev–Trinajstić information content (AvgIpc) is 2.92. The van der Waals surface area contributed by atoms with Crippen molar-refractivity contribution in [1.29, 1.82) is 10.5 Å². The van der Waals surface area contributed by atoms with Crippen molar-refractivity contribution in [1.82, 2.24) is 10.2 Å². The number of allylic oxidation sites excluding steroid dienone is 1. The summed E-state index contributed by atoms with van der Waals surface area (Å²) in [6, 6.07) is 7.82. The Balaban J connectivity index is 2.76. The number of anilines is 1. The highest BCUT2D eigenvalue weighted by atomic mass is 16.3. The highest BCUT2D eigenvalue weighted by molar-refractivity contribution is 5.91. The second kappa shape index (κ2) is 6.81. The number of rotatable bonds is 2. The van der Waals surface area contributed by atoms with Gasteiger partial charge in [-0.2, -0.15) is 15.6 Å². The number of H-pyrrole nitrogens is 1. The van der Waals surface area contributed by atoms with E-state index in [1.807, 2.05) is 59.7 Å². The van der Waals surface area contributed by atoms with Gasteiger partial charge in [-0.25, -0.2) is 0 Å². The lowest BCUT2D eigenvalue weighted by atomic mass is 9.78. The van der Waals surface area contributed by atoms with E-state index in [0.29, 0.717) is 5.69 Å². The van der Waals surface area contributed by atoms with Gasteiger partial charge in [0, 0.05) is 11.1 Å². The molecule has 0 unspecified atom stereocenters. The van der Waals surface area contributed by atoms with E-state index in [-0.39, 0.29) is 33.5 Å². The molecule has 0 bridgehead atoms. The van der Waals surface area contributed by atoms with Crippen LogP contribution in [0.5, 0.6) is 5.75 Å². The monoisotopic (exact) mass is 363 g/mol. The Morgan fingerprint density at radius 2 is 1.63 bits per heavy atom. The molecule has 0 spiro atoms. The molecule has 0 aliphatic rings. The van der Waals surface area contributed by atoms with Crippen molar-refractivity contribution >= 4 is 17.5 Å². The minimum Gasteiger partial charge on any atom is -0.507 e. The van der Waals surface area contributed by atoms with Crippen LogP contribution in [0.15, 0.2) is 12.1 Å². The van der Waals surface area contributed by atoms with Crippen molar-refractivity contribution in [2.45, 2.75) is 52.4 Å². The van der Waals surface area contributed by atoms with Crippen molar-refractivity contribution < 1.29 is 5.11 Å². The van der Waals surface area contributed by atoms with E-state index in [9.17, 15) is 15.6 Å². The topological polar surface area (TPSA) is 123 Å². The fourth-order valence-electron chi connectivity index (χ4n) is 2.87. The molecule has 2 aromatic rings. The normalized spacial score (nSPS) is 12.5. The third-order valence-electron chi connectivity index (χ3n) is 4.36. The van der Waals surface area contributed by atoms with Crippen LogP contribution in [-0.4, -0.2) is 15.3 Å². The summed E-state index contributed by atoms with van der Waals surface area (Å²) in [6.45, 7) is 12.1. The number of benzene rings is 1. The van der Waals surface area contributed by atoms with Crippen LogP contribution in [-0.2, 0) is 10.8 Å². The molecule has 4 N–H and O–H groups in total. The van der Waals surface area contributed by atoms with Crippen LogP contribution in [0.1, 0.15) is 69.5 Å². The Labute approximate surface area is 159 Å². The van der Waals surface area contributed by atoms with Crippen molar-refractivity contribution in [3.05, 3.63) is 40.1 Å². The average molecular weight is 363 g/mol. The predicted molar refractivity (Wildman–Crippen MR) is 107 cm³/mol. The lowest BCUT2D eigenvalue weighted by Gasteiger charge is -2.28. The van der Waals surface area contributed by atoms with Crippen LogP contribution in [0.4, 0.5) is 5.82 Å². The number of aromatic hydroxyl groups is 1. The molecule has 0 aliphatic carbocycles. The summed E-state index contributed by atoms with van der Waals surface area (Å²) in [7, 11) is 0. The molecule has 27 heavy (non-hydrogen) atoms. The third-order valence-corrected chi connectivity index (χ3v) is 4.36. The molecule has 6 heteroatoms.